The summed E-state index contributed by atoms with van der Waals surface area (Å²) in [5.41, 5.74) is 2.94. The monoisotopic (exact) mass is 328 g/mol. The molecule has 6 nitrogen and oxygen atoms in total. The number of aromatic nitrogens is 3. The first-order valence-corrected chi connectivity index (χ1v) is 7.43. The first-order valence-electron chi connectivity index (χ1n) is 7.43. The second-order valence-corrected chi connectivity index (χ2v) is 5.56. The van der Waals surface area contributed by atoms with Crippen LogP contribution in [0.4, 0.5) is 10.1 Å². The lowest BCUT2D eigenvalue weighted by Crippen LogP contribution is -2.20. The molecule has 0 saturated heterocycles. The second-order valence-electron chi connectivity index (χ2n) is 5.56. The van der Waals surface area contributed by atoms with E-state index in [1.807, 2.05) is 19.9 Å². The van der Waals surface area contributed by atoms with Gasteiger partial charge in [0.05, 0.1) is 5.39 Å². The van der Waals surface area contributed by atoms with Gasteiger partial charge in [0.1, 0.15) is 5.82 Å². The van der Waals surface area contributed by atoms with Crippen LogP contribution in [0.2, 0.25) is 0 Å². The highest BCUT2D eigenvalue weighted by molar-refractivity contribution is 5.92. The maximum absolute atomic E-state index is 13.1. The van der Waals surface area contributed by atoms with Crippen molar-refractivity contribution in [3.05, 3.63) is 47.4 Å². The number of nitrogens with one attached hydrogen (secondary N) is 1. The summed E-state index contributed by atoms with van der Waals surface area (Å²) in [5, 5.41) is 7.63. The van der Waals surface area contributed by atoms with Gasteiger partial charge < -0.3 is 10.1 Å². The fraction of sp³-hybridized carbons (Fsp3) is 0.235. The van der Waals surface area contributed by atoms with Crippen molar-refractivity contribution in [3.63, 3.8) is 0 Å². The van der Waals surface area contributed by atoms with E-state index in [-0.39, 0.29) is 6.61 Å². The number of nitrogens with zero attached hydrogens (tertiary/aromatic N) is 3. The summed E-state index contributed by atoms with van der Waals surface area (Å²) in [6, 6.07) is 7.61. The number of fused-ring (bicyclic) bond motifs is 1. The molecule has 0 bridgehead atoms. The summed E-state index contributed by atoms with van der Waals surface area (Å²) in [6.45, 7) is 3.63. The molecule has 7 heteroatoms. The second kappa shape index (κ2) is 6.27. The van der Waals surface area contributed by atoms with Gasteiger partial charge in [-0.25, -0.2) is 14.1 Å². The number of carbonyl (C=O) groups excluding carboxylic acids is 1. The Morgan fingerprint density at radius 3 is 2.88 bits per heavy atom. The molecule has 0 aliphatic heterocycles. The number of rotatable bonds is 4. The van der Waals surface area contributed by atoms with Crippen LogP contribution in [0.15, 0.2) is 30.3 Å². The third kappa shape index (κ3) is 3.19. The number of aryl methyl sites for hydroxylation is 3. The van der Waals surface area contributed by atoms with E-state index in [1.165, 1.54) is 18.2 Å². The molecule has 124 valence electrons. The van der Waals surface area contributed by atoms with Gasteiger partial charge in [-0.05, 0) is 43.7 Å². The molecule has 1 N–H and O–H groups in total. The zero-order chi connectivity index (χ0) is 17.3. The van der Waals surface area contributed by atoms with Gasteiger partial charge in [-0.15, -0.1) is 5.10 Å². The van der Waals surface area contributed by atoms with E-state index in [0.717, 1.165) is 16.6 Å². The van der Waals surface area contributed by atoms with Gasteiger partial charge >= 0.3 is 0 Å². The highest BCUT2D eigenvalue weighted by Gasteiger charge is 2.15. The van der Waals surface area contributed by atoms with Gasteiger partial charge in [-0.2, -0.15) is 0 Å². The number of pyridine rings is 1. The Morgan fingerprint density at radius 2 is 2.12 bits per heavy atom. The zero-order valence-corrected chi connectivity index (χ0v) is 13.6. The van der Waals surface area contributed by atoms with Crippen LogP contribution in [0, 0.1) is 19.7 Å². The van der Waals surface area contributed by atoms with E-state index in [0.29, 0.717) is 17.2 Å². The van der Waals surface area contributed by atoms with Gasteiger partial charge in [-0.3, -0.25) is 4.79 Å². The van der Waals surface area contributed by atoms with Gasteiger partial charge in [0.15, 0.2) is 12.3 Å². The first kappa shape index (κ1) is 15.9. The molecule has 0 radical (unpaired) electrons. The number of carbonyl (C=O) groups is 1. The molecule has 0 saturated carbocycles. The van der Waals surface area contributed by atoms with Crippen molar-refractivity contribution in [2.75, 3.05) is 11.9 Å². The maximum Gasteiger partial charge on any atom is 0.262 e. The Hall–Kier alpha value is -2.96. The number of anilines is 1. The van der Waals surface area contributed by atoms with Crippen LogP contribution in [0.1, 0.15) is 11.3 Å². The van der Waals surface area contributed by atoms with E-state index in [2.05, 4.69) is 15.4 Å². The molecule has 3 aromatic rings. The number of halogens is 1. The molecule has 0 fully saturated rings. The number of benzene rings is 1. The average molecular weight is 328 g/mol. The topological polar surface area (TPSA) is 69.0 Å². The maximum atomic E-state index is 13.1. The number of hydrogen-bond donors (Lipinski definition) is 1. The molecule has 0 spiro atoms. The standard InChI is InChI=1S/C17H17FN4O2/c1-10-7-11(2)19-16-15(10)17(21-22(16)3)24-9-14(23)20-13-6-4-5-12(18)8-13/h4-8H,9H2,1-3H3,(H,20,23). The Kier molecular flexibility index (Phi) is 4.16. The molecule has 3 rings (SSSR count). The highest BCUT2D eigenvalue weighted by atomic mass is 19.1. The minimum absolute atomic E-state index is 0.226. The Labute approximate surface area is 138 Å². The first-order chi connectivity index (χ1) is 11.4. The fourth-order valence-electron chi connectivity index (χ4n) is 2.55. The van der Waals surface area contributed by atoms with Gasteiger partial charge in [-0.1, -0.05) is 6.07 Å². The summed E-state index contributed by atoms with van der Waals surface area (Å²) in [4.78, 5) is 16.4. The zero-order valence-electron chi connectivity index (χ0n) is 13.6. The van der Waals surface area contributed by atoms with E-state index in [9.17, 15) is 9.18 Å². The molecule has 0 atom stereocenters. The minimum atomic E-state index is -0.415. The molecule has 2 heterocycles. The largest absolute Gasteiger partial charge is 0.466 e. The molecular formula is C17H17FN4O2. The quantitative estimate of drug-likeness (QED) is 0.799. The van der Waals surface area contributed by atoms with Crippen molar-refractivity contribution in [2.45, 2.75) is 13.8 Å². The molecule has 0 aliphatic carbocycles. The Balaban J connectivity index is 1.75. The molecular weight excluding hydrogens is 311 g/mol. The molecule has 0 aliphatic rings. The van der Waals surface area contributed by atoms with Crippen molar-refractivity contribution < 1.29 is 13.9 Å². The van der Waals surface area contributed by atoms with Crippen LogP contribution in [-0.2, 0) is 11.8 Å². The van der Waals surface area contributed by atoms with E-state index >= 15 is 0 Å². The lowest BCUT2D eigenvalue weighted by Gasteiger charge is -2.06. The predicted octanol–water partition coefficient (Wildman–Crippen LogP) is 2.74. The third-order valence-electron chi connectivity index (χ3n) is 3.54. The van der Waals surface area contributed by atoms with Crippen molar-refractivity contribution >= 4 is 22.6 Å². The molecule has 0 unspecified atom stereocenters. The van der Waals surface area contributed by atoms with E-state index < -0.39 is 11.7 Å². The molecule has 1 amide bonds. The van der Waals surface area contributed by atoms with Crippen molar-refractivity contribution in [3.8, 4) is 5.88 Å². The third-order valence-corrected chi connectivity index (χ3v) is 3.54. The number of ether oxygens (including phenoxy) is 1. The van der Waals surface area contributed by atoms with Crippen molar-refractivity contribution in [1.29, 1.82) is 0 Å². The summed E-state index contributed by atoms with van der Waals surface area (Å²) in [5.74, 6) is -0.453. The predicted molar refractivity (Wildman–Crippen MR) is 88.5 cm³/mol. The van der Waals surface area contributed by atoms with Gasteiger partial charge in [0, 0.05) is 18.4 Å². The lowest BCUT2D eigenvalue weighted by molar-refractivity contribution is -0.118. The average Bonchev–Trinajstić information content (AvgIpc) is 2.82. The van der Waals surface area contributed by atoms with Crippen LogP contribution in [-0.4, -0.2) is 27.3 Å². The van der Waals surface area contributed by atoms with Gasteiger partial charge in [0.25, 0.3) is 5.91 Å². The fourth-order valence-corrected chi connectivity index (χ4v) is 2.55. The molecule has 2 aromatic heterocycles. The normalized spacial score (nSPS) is 10.8. The van der Waals surface area contributed by atoms with Crippen molar-refractivity contribution in [2.24, 2.45) is 7.05 Å². The van der Waals surface area contributed by atoms with E-state index in [4.69, 9.17) is 4.74 Å². The van der Waals surface area contributed by atoms with Crippen LogP contribution < -0.4 is 10.1 Å². The lowest BCUT2D eigenvalue weighted by atomic mass is 10.2. The number of hydrogen-bond acceptors (Lipinski definition) is 4. The van der Waals surface area contributed by atoms with E-state index in [1.54, 1.807) is 17.8 Å². The smallest absolute Gasteiger partial charge is 0.262 e. The van der Waals surface area contributed by atoms with Crippen LogP contribution in [0.5, 0.6) is 5.88 Å². The van der Waals surface area contributed by atoms with Gasteiger partial charge in [0.2, 0.25) is 5.88 Å². The highest BCUT2D eigenvalue weighted by Crippen LogP contribution is 2.27. The SMILES string of the molecule is Cc1cc(C)c2c(OCC(=O)Nc3cccc(F)c3)nn(C)c2n1. The Morgan fingerprint density at radius 1 is 1.33 bits per heavy atom. The number of amides is 1. The molecule has 24 heavy (non-hydrogen) atoms. The van der Waals surface area contributed by atoms with Crippen LogP contribution in [0.3, 0.4) is 0 Å². The van der Waals surface area contributed by atoms with Crippen LogP contribution in [0.25, 0.3) is 11.0 Å². The van der Waals surface area contributed by atoms with Crippen molar-refractivity contribution in [1.82, 2.24) is 14.8 Å². The summed E-state index contributed by atoms with van der Waals surface area (Å²) < 4.78 is 20.3. The Bertz CT molecular complexity index is 920. The summed E-state index contributed by atoms with van der Waals surface area (Å²) >= 11 is 0. The molecule has 1 aromatic carbocycles. The summed E-state index contributed by atoms with van der Waals surface area (Å²) in [7, 11) is 1.77. The minimum Gasteiger partial charge on any atom is -0.466 e. The van der Waals surface area contributed by atoms with Crippen LogP contribution >= 0.6 is 0 Å². The summed E-state index contributed by atoms with van der Waals surface area (Å²) in [6.07, 6.45) is 0.